The summed E-state index contributed by atoms with van der Waals surface area (Å²) in [6, 6.07) is 3.86. The minimum absolute atomic E-state index is 0.0513. The van der Waals surface area contributed by atoms with E-state index in [-0.39, 0.29) is 5.82 Å². The molecule has 1 aromatic rings. The number of hydrogen-bond donors (Lipinski definition) is 1. The van der Waals surface area contributed by atoms with Gasteiger partial charge < -0.3 is 4.84 Å². The highest BCUT2D eigenvalue weighted by Crippen LogP contribution is 2.26. The number of nitrogens with one attached hydrogen (secondary N) is 1. The summed E-state index contributed by atoms with van der Waals surface area (Å²) in [7, 11) is 1.53. The topological polar surface area (TPSA) is 21.3 Å². The fourth-order valence-corrected chi connectivity index (χ4v) is 1.96. The number of halogens is 1. The largest absolute Gasteiger partial charge is 0.305 e. The molecule has 0 radical (unpaired) electrons. The Kier molecular flexibility index (Phi) is 2.79. The van der Waals surface area contributed by atoms with Crippen molar-refractivity contribution in [1.82, 2.24) is 5.48 Å². The van der Waals surface area contributed by atoms with Crippen molar-refractivity contribution < 1.29 is 9.23 Å². The lowest BCUT2D eigenvalue weighted by molar-refractivity contribution is 0.0859. The molecular formula is C11H14FNO. The molecule has 0 aliphatic heterocycles. The van der Waals surface area contributed by atoms with Crippen LogP contribution >= 0.6 is 0 Å². The molecule has 3 heteroatoms. The summed E-state index contributed by atoms with van der Waals surface area (Å²) in [5, 5.41) is 0. The van der Waals surface area contributed by atoms with E-state index in [0.29, 0.717) is 12.1 Å². The number of rotatable bonds is 3. The third-order valence-corrected chi connectivity index (χ3v) is 2.70. The minimum Gasteiger partial charge on any atom is -0.305 e. The van der Waals surface area contributed by atoms with Crippen molar-refractivity contribution in [2.75, 3.05) is 7.11 Å². The Bertz CT molecular complexity index is 338. The van der Waals surface area contributed by atoms with Crippen LogP contribution in [0.1, 0.15) is 23.1 Å². The molecule has 0 atom stereocenters. The maximum Gasteiger partial charge on any atom is 0.131 e. The van der Waals surface area contributed by atoms with Crippen molar-refractivity contribution in [2.45, 2.75) is 25.8 Å². The van der Waals surface area contributed by atoms with Crippen molar-refractivity contribution in [1.29, 1.82) is 0 Å². The normalized spacial score (nSPS) is 14.4. The Morgan fingerprint density at radius 2 is 2.29 bits per heavy atom. The zero-order chi connectivity index (χ0) is 9.97. The van der Waals surface area contributed by atoms with Crippen LogP contribution in [-0.2, 0) is 24.2 Å². The van der Waals surface area contributed by atoms with E-state index in [1.165, 1.54) is 12.7 Å². The highest BCUT2D eigenvalue weighted by Gasteiger charge is 2.17. The van der Waals surface area contributed by atoms with Gasteiger partial charge in [-0.05, 0) is 30.4 Å². The fourth-order valence-electron chi connectivity index (χ4n) is 1.96. The standard InChI is InChI=1S/C11H14FNO/c1-14-13-7-9-6-5-8-3-2-4-10(8)11(9)12/h5-6,13H,2-4,7H2,1H3. The van der Waals surface area contributed by atoms with Gasteiger partial charge in [0.05, 0.1) is 7.11 Å². The second-order valence-electron chi connectivity index (χ2n) is 3.56. The fraction of sp³-hybridized carbons (Fsp3) is 0.455. The molecule has 0 fully saturated rings. The van der Waals surface area contributed by atoms with Crippen LogP contribution in [0.5, 0.6) is 0 Å². The molecule has 0 bridgehead atoms. The highest BCUT2D eigenvalue weighted by atomic mass is 19.1. The minimum atomic E-state index is -0.0513. The van der Waals surface area contributed by atoms with Gasteiger partial charge in [-0.25, -0.2) is 4.39 Å². The van der Waals surface area contributed by atoms with Crippen LogP contribution < -0.4 is 5.48 Å². The first-order chi connectivity index (χ1) is 6.83. The van der Waals surface area contributed by atoms with Crippen molar-refractivity contribution in [3.63, 3.8) is 0 Å². The summed E-state index contributed by atoms with van der Waals surface area (Å²) in [4.78, 5) is 4.70. The van der Waals surface area contributed by atoms with Crippen LogP contribution in [0.2, 0.25) is 0 Å². The monoisotopic (exact) mass is 195 g/mol. The van der Waals surface area contributed by atoms with E-state index >= 15 is 0 Å². The number of fused-ring (bicyclic) bond motifs is 1. The van der Waals surface area contributed by atoms with E-state index in [0.717, 1.165) is 24.8 Å². The van der Waals surface area contributed by atoms with Gasteiger partial charge in [0.25, 0.3) is 0 Å². The number of benzene rings is 1. The molecule has 0 heterocycles. The first kappa shape index (κ1) is 9.62. The van der Waals surface area contributed by atoms with Gasteiger partial charge in [-0.15, -0.1) is 0 Å². The smallest absolute Gasteiger partial charge is 0.131 e. The van der Waals surface area contributed by atoms with Crippen LogP contribution in [0.4, 0.5) is 4.39 Å². The van der Waals surface area contributed by atoms with E-state index in [1.807, 2.05) is 12.1 Å². The van der Waals surface area contributed by atoms with Gasteiger partial charge >= 0.3 is 0 Å². The molecule has 76 valence electrons. The first-order valence-electron chi connectivity index (χ1n) is 4.88. The molecule has 14 heavy (non-hydrogen) atoms. The molecule has 0 amide bonds. The van der Waals surface area contributed by atoms with Crippen molar-refractivity contribution in [3.05, 3.63) is 34.6 Å². The maximum atomic E-state index is 13.8. The summed E-state index contributed by atoms with van der Waals surface area (Å²) >= 11 is 0. The van der Waals surface area contributed by atoms with Crippen molar-refractivity contribution in [3.8, 4) is 0 Å². The highest BCUT2D eigenvalue weighted by molar-refractivity contribution is 5.36. The summed E-state index contributed by atoms with van der Waals surface area (Å²) in [6.07, 6.45) is 2.97. The summed E-state index contributed by atoms with van der Waals surface area (Å²) in [6.45, 7) is 0.426. The van der Waals surface area contributed by atoms with Crippen LogP contribution in [0.25, 0.3) is 0 Å². The van der Waals surface area contributed by atoms with Crippen LogP contribution in [-0.4, -0.2) is 7.11 Å². The molecule has 0 unspecified atom stereocenters. The van der Waals surface area contributed by atoms with E-state index in [1.54, 1.807) is 0 Å². The molecule has 1 aliphatic carbocycles. The maximum absolute atomic E-state index is 13.8. The molecule has 1 aromatic carbocycles. The molecule has 1 aliphatic rings. The average Bonchev–Trinajstić information content (AvgIpc) is 2.66. The van der Waals surface area contributed by atoms with Crippen molar-refractivity contribution in [2.24, 2.45) is 0 Å². The summed E-state index contributed by atoms with van der Waals surface area (Å²) < 4.78 is 13.8. The SMILES string of the molecule is CONCc1ccc2c(c1F)CCC2. The Labute approximate surface area is 83.0 Å². The quantitative estimate of drug-likeness (QED) is 0.744. The molecule has 1 N–H and O–H groups in total. The Hall–Kier alpha value is -0.930. The zero-order valence-electron chi connectivity index (χ0n) is 8.27. The number of hydroxylamine groups is 1. The van der Waals surface area contributed by atoms with Gasteiger partial charge in [-0.2, -0.15) is 5.48 Å². The number of hydrogen-bond acceptors (Lipinski definition) is 2. The third-order valence-electron chi connectivity index (χ3n) is 2.70. The van der Waals surface area contributed by atoms with Crippen LogP contribution in [0.15, 0.2) is 12.1 Å². The second kappa shape index (κ2) is 4.07. The zero-order valence-corrected chi connectivity index (χ0v) is 8.27. The molecule has 0 spiro atoms. The summed E-state index contributed by atoms with van der Waals surface area (Å²) in [5.74, 6) is -0.0513. The van der Waals surface area contributed by atoms with Gasteiger partial charge in [0.15, 0.2) is 0 Å². The van der Waals surface area contributed by atoms with E-state index in [9.17, 15) is 4.39 Å². The van der Waals surface area contributed by atoms with Crippen LogP contribution in [0.3, 0.4) is 0 Å². The molecule has 0 saturated heterocycles. The molecule has 2 rings (SSSR count). The van der Waals surface area contributed by atoms with Gasteiger partial charge in [-0.1, -0.05) is 12.1 Å². The lowest BCUT2D eigenvalue weighted by Crippen LogP contribution is -2.12. The molecule has 2 nitrogen and oxygen atoms in total. The molecule has 0 saturated carbocycles. The van der Waals surface area contributed by atoms with E-state index in [2.05, 4.69) is 5.48 Å². The van der Waals surface area contributed by atoms with Gasteiger partial charge in [0, 0.05) is 12.1 Å². The van der Waals surface area contributed by atoms with Crippen molar-refractivity contribution >= 4 is 0 Å². The number of aryl methyl sites for hydroxylation is 1. The average molecular weight is 195 g/mol. The predicted molar refractivity (Wildman–Crippen MR) is 52.3 cm³/mol. The first-order valence-corrected chi connectivity index (χ1v) is 4.88. The second-order valence-corrected chi connectivity index (χ2v) is 3.56. The lowest BCUT2D eigenvalue weighted by atomic mass is 10.1. The molecule has 0 aromatic heterocycles. The van der Waals surface area contributed by atoms with Crippen LogP contribution in [0, 0.1) is 5.82 Å². The van der Waals surface area contributed by atoms with E-state index in [4.69, 9.17) is 4.84 Å². The Morgan fingerprint density at radius 3 is 3.07 bits per heavy atom. The van der Waals surface area contributed by atoms with Gasteiger partial charge in [0.1, 0.15) is 5.82 Å². The molecular weight excluding hydrogens is 181 g/mol. The van der Waals surface area contributed by atoms with Gasteiger partial charge in [0.2, 0.25) is 0 Å². The summed E-state index contributed by atoms with van der Waals surface area (Å²) in [5.41, 5.74) is 5.42. The predicted octanol–water partition coefficient (Wildman–Crippen LogP) is 1.97. The Balaban J connectivity index is 2.26. The van der Waals surface area contributed by atoms with Gasteiger partial charge in [-0.3, -0.25) is 0 Å². The third kappa shape index (κ3) is 1.65. The Morgan fingerprint density at radius 1 is 1.43 bits per heavy atom. The lowest BCUT2D eigenvalue weighted by Gasteiger charge is -2.07. The van der Waals surface area contributed by atoms with E-state index < -0.39 is 0 Å².